The summed E-state index contributed by atoms with van der Waals surface area (Å²) < 4.78 is 27.1. The van der Waals surface area contributed by atoms with Crippen molar-refractivity contribution >= 4 is 10.0 Å². The van der Waals surface area contributed by atoms with Crippen LogP contribution in [0.5, 0.6) is 0 Å². The van der Waals surface area contributed by atoms with Crippen LogP contribution in [0.25, 0.3) is 0 Å². The van der Waals surface area contributed by atoms with Crippen LogP contribution >= 0.6 is 0 Å². The summed E-state index contributed by atoms with van der Waals surface area (Å²) in [6.45, 7) is 1.42. The van der Waals surface area contributed by atoms with Crippen LogP contribution in [0.3, 0.4) is 0 Å². The molecule has 0 heterocycles. The molecule has 0 aliphatic carbocycles. The Morgan fingerprint density at radius 3 is 2.24 bits per heavy atom. The number of nitrogens with zero attached hydrogens (tertiary/aromatic N) is 1. The highest BCUT2D eigenvalue weighted by molar-refractivity contribution is 7.89. The van der Waals surface area contributed by atoms with Crippen molar-refractivity contribution in [3.05, 3.63) is 30.3 Å². The molecule has 0 aliphatic heterocycles. The number of rotatable bonds is 6. The standard InChI is InChI=1S/C12H21N2O2S/c1-14(2,3)11-7-10-13-17(15,16)12-8-5-4-6-9-12/h4-6,8-9,13H,7,10-11H2,1-3H3/q+1. The lowest BCUT2D eigenvalue weighted by Gasteiger charge is -2.23. The Morgan fingerprint density at radius 1 is 1.12 bits per heavy atom. The molecule has 1 N–H and O–H groups in total. The van der Waals surface area contributed by atoms with Gasteiger partial charge in [0.2, 0.25) is 10.0 Å². The van der Waals surface area contributed by atoms with Gasteiger partial charge in [0, 0.05) is 13.0 Å². The summed E-state index contributed by atoms with van der Waals surface area (Å²) in [5, 5.41) is 0. The summed E-state index contributed by atoms with van der Waals surface area (Å²) >= 11 is 0. The van der Waals surface area contributed by atoms with E-state index in [2.05, 4.69) is 25.9 Å². The summed E-state index contributed by atoms with van der Waals surface area (Å²) in [7, 11) is 2.93. The third-order valence-corrected chi connectivity index (χ3v) is 3.83. The van der Waals surface area contributed by atoms with Gasteiger partial charge in [-0.05, 0) is 12.1 Å². The minimum Gasteiger partial charge on any atom is -0.331 e. The van der Waals surface area contributed by atoms with Gasteiger partial charge in [-0.1, -0.05) is 18.2 Å². The van der Waals surface area contributed by atoms with Crippen molar-refractivity contribution < 1.29 is 12.9 Å². The van der Waals surface area contributed by atoms with E-state index in [1.54, 1.807) is 30.3 Å². The molecule has 0 radical (unpaired) electrons. The number of nitrogens with one attached hydrogen (secondary N) is 1. The topological polar surface area (TPSA) is 46.2 Å². The fourth-order valence-corrected chi connectivity index (χ4v) is 2.54. The summed E-state index contributed by atoms with van der Waals surface area (Å²) in [5.74, 6) is 0. The zero-order valence-corrected chi connectivity index (χ0v) is 11.5. The minimum atomic E-state index is -3.33. The highest BCUT2D eigenvalue weighted by Gasteiger charge is 2.13. The van der Waals surface area contributed by atoms with Crippen molar-refractivity contribution in [2.45, 2.75) is 11.3 Å². The second kappa shape index (κ2) is 5.62. The normalized spacial score (nSPS) is 12.6. The van der Waals surface area contributed by atoms with E-state index < -0.39 is 10.0 Å². The number of sulfonamides is 1. The van der Waals surface area contributed by atoms with Crippen molar-refractivity contribution in [1.29, 1.82) is 0 Å². The molecule has 1 aromatic rings. The summed E-state index contributed by atoms with van der Waals surface area (Å²) in [4.78, 5) is 0.324. The zero-order chi connectivity index (χ0) is 12.9. The fraction of sp³-hybridized carbons (Fsp3) is 0.500. The average molecular weight is 257 g/mol. The van der Waals surface area contributed by atoms with Gasteiger partial charge in [0.1, 0.15) is 0 Å². The Labute approximate surface area is 104 Å². The third kappa shape index (κ3) is 5.30. The maximum Gasteiger partial charge on any atom is 0.240 e. The van der Waals surface area contributed by atoms with Crippen LogP contribution in [0.2, 0.25) is 0 Å². The van der Waals surface area contributed by atoms with Crippen molar-refractivity contribution in [1.82, 2.24) is 4.72 Å². The second-order valence-electron chi connectivity index (χ2n) is 5.08. The number of hydrogen-bond donors (Lipinski definition) is 1. The predicted octanol–water partition coefficient (Wildman–Crippen LogP) is 1.06. The molecular weight excluding hydrogens is 236 g/mol. The van der Waals surface area contributed by atoms with Crippen molar-refractivity contribution in [2.75, 3.05) is 34.2 Å². The van der Waals surface area contributed by atoms with Gasteiger partial charge >= 0.3 is 0 Å². The molecule has 0 bridgehead atoms. The van der Waals surface area contributed by atoms with Gasteiger partial charge < -0.3 is 4.48 Å². The van der Waals surface area contributed by atoms with Crippen LogP contribution < -0.4 is 4.72 Å². The maximum absolute atomic E-state index is 11.8. The van der Waals surface area contributed by atoms with Crippen LogP contribution in [0.1, 0.15) is 6.42 Å². The summed E-state index contributed by atoms with van der Waals surface area (Å²) in [5.41, 5.74) is 0. The molecule has 0 amide bonds. The van der Waals surface area contributed by atoms with Gasteiger partial charge in [-0.25, -0.2) is 13.1 Å². The highest BCUT2D eigenvalue weighted by atomic mass is 32.2. The van der Waals surface area contributed by atoms with Crippen molar-refractivity contribution in [3.63, 3.8) is 0 Å². The molecule has 17 heavy (non-hydrogen) atoms. The van der Waals surface area contributed by atoms with Crippen LogP contribution in [-0.4, -0.2) is 47.1 Å². The largest absolute Gasteiger partial charge is 0.331 e. The Balaban J connectivity index is 2.47. The van der Waals surface area contributed by atoms with E-state index in [9.17, 15) is 8.42 Å². The van der Waals surface area contributed by atoms with E-state index in [1.807, 2.05) is 0 Å². The lowest BCUT2D eigenvalue weighted by Crippen LogP contribution is -2.37. The number of quaternary nitrogens is 1. The first-order chi connectivity index (χ1) is 7.81. The summed E-state index contributed by atoms with van der Waals surface area (Å²) in [6, 6.07) is 8.45. The molecule has 96 valence electrons. The first-order valence-electron chi connectivity index (χ1n) is 5.66. The van der Waals surface area contributed by atoms with Crippen LogP contribution in [-0.2, 0) is 10.0 Å². The molecule has 1 rings (SSSR count). The molecule has 0 unspecified atom stereocenters. The zero-order valence-electron chi connectivity index (χ0n) is 10.7. The van der Waals surface area contributed by atoms with Gasteiger partial charge in [0.15, 0.2) is 0 Å². The third-order valence-electron chi connectivity index (χ3n) is 2.35. The van der Waals surface area contributed by atoms with E-state index in [0.29, 0.717) is 11.4 Å². The first kappa shape index (κ1) is 14.2. The van der Waals surface area contributed by atoms with Gasteiger partial charge in [0.05, 0.1) is 32.6 Å². The quantitative estimate of drug-likeness (QED) is 0.612. The monoisotopic (exact) mass is 257 g/mol. The smallest absolute Gasteiger partial charge is 0.240 e. The molecule has 0 aliphatic rings. The molecule has 4 nitrogen and oxygen atoms in total. The Kier molecular flexibility index (Phi) is 4.68. The molecule has 0 fully saturated rings. The van der Waals surface area contributed by atoms with E-state index in [4.69, 9.17) is 0 Å². The van der Waals surface area contributed by atoms with Gasteiger partial charge in [-0.3, -0.25) is 0 Å². The maximum atomic E-state index is 11.8. The molecule has 0 saturated carbocycles. The molecular formula is C12H21N2O2S+. The lowest BCUT2D eigenvalue weighted by molar-refractivity contribution is -0.870. The van der Waals surface area contributed by atoms with Crippen molar-refractivity contribution in [2.24, 2.45) is 0 Å². The Morgan fingerprint density at radius 2 is 1.71 bits per heavy atom. The second-order valence-corrected chi connectivity index (χ2v) is 6.85. The fourth-order valence-electron chi connectivity index (χ4n) is 1.44. The lowest BCUT2D eigenvalue weighted by atomic mass is 10.4. The molecule has 1 aromatic carbocycles. The van der Waals surface area contributed by atoms with E-state index in [1.165, 1.54) is 0 Å². The Bertz CT molecular complexity index is 435. The van der Waals surface area contributed by atoms with Crippen LogP contribution in [0, 0.1) is 0 Å². The SMILES string of the molecule is C[N+](C)(C)CCCNS(=O)(=O)c1ccccc1. The molecule has 0 aromatic heterocycles. The van der Waals surface area contributed by atoms with Gasteiger partial charge in [0.25, 0.3) is 0 Å². The molecule has 0 spiro atoms. The molecule has 0 saturated heterocycles. The van der Waals surface area contributed by atoms with E-state index in [-0.39, 0.29) is 0 Å². The van der Waals surface area contributed by atoms with Gasteiger partial charge in [-0.2, -0.15) is 0 Å². The highest BCUT2D eigenvalue weighted by Crippen LogP contribution is 2.06. The molecule has 0 atom stereocenters. The summed E-state index contributed by atoms with van der Waals surface area (Å²) in [6.07, 6.45) is 0.829. The predicted molar refractivity (Wildman–Crippen MR) is 69.1 cm³/mol. The van der Waals surface area contributed by atoms with Gasteiger partial charge in [-0.15, -0.1) is 0 Å². The Hall–Kier alpha value is -0.910. The van der Waals surface area contributed by atoms with E-state index in [0.717, 1.165) is 17.4 Å². The van der Waals surface area contributed by atoms with Crippen molar-refractivity contribution in [3.8, 4) is 0 Å². The van der Waals surface area contributed by atoms with Crippen LogP contribution in [0.4, 0.5) is 0 Å². The number of hydrogen-bond acceptors (Lipinski definition) is 2. The minimum absolute atomic E-state index is 0.324. The van der Waals surface area contributed by atoms with E-state index >= 15 is 0 Å². The number of benzene rings is 1. The average Bonchev–Trinajstić information content (AvgIpc) is 2.25. The molecule has 5 heteroatoms. The first-order valence-corrected chi connectivity index (χ1v) is 7.15. The van der Waals surface area contributed by atoms with Crippen LogP contribution in [0.15, 0.2) is 35.2 Å².